The minimum Gasteiger partial charge on any atom is -0.493 e. The van der Waals surface area contributed by atoms with Crippen LogP contribution >= 0.6 is 11.6 Å². The van der Waals surface area contributed by atoms with Crippen molar-refractivity contribution in [3.8, 4) is 11.5 Å². The molecule has 0 N–H and O–H groups in total. The number of methoxy groups -OCH3 is 1. The fourth-order valence-electron chi connectivity index (χ4n) is 2.37. The van der Waals surface area contributed by atoms with Gasteiger partial charge in [0.1, 0.15) is 0 Å². The fourth-order valence-corrected chi connectivity index (χ4v) is 2.50. The lowest BCUT2D eigenvalue weighted by molar-refractivity contribution is 0.0729. The Morgan fingerprint density at radius 3 is 2.23 bits per heavy atom. The van der Waals surface area contributed by atoms with E-state index < -0.39 is 5.97 Å². The predicted octanol–water partition coefficient (Wildman–Crippen LogP) is 5.74. The van der Waals surface area contributed by atoms with Gasteiger partial charge in [0.05, 0.1) is 12.7 Å². The Morgan fingerprint density at radius 1 is 0.846 bits per heavy atom. The monoisotopic (exact) mass is 364 g/mol. The van der Waals surface area contributed by atoms with Gasteiger partial charge in [-0.3, -0.25) is 0 Å². The van der Waals surface area contributed by atoms with Crippen molar-refractivity contribution in [2.24, 2.45) is 0 Å². The van der Waals surface area contributed by atoms with Crippen molar-refractivity contribution < 1.29 is 14.3 Å². The van der Waals surface area contributed by atoms with Crippen LogP contribution in [0.3, 0.4) is 0 Å². The molecule has 0 radical (unpaired) electrons. The van der Waals surface area contributed by atoms with E-state index in [-0.39, 0.29) is 0 Å². The molecule has 26 heavy (non-hydrogen) atoms. The fraction of sp³-hybridized carbons (Fsp3) is 0.0455. The van der Waals surface area contributed by atoms with Gasteiger partial charge in [0.2, 0.25) is 0 Å². The van der Waals surface area contributed by atoms with Crippen molar-refractivity contribution in [3.05, 3.63) is 94.5 Å². The van der Waals surface area contributed by atoms with Crippen LogP contribution in [0.1, 0.15) is 21.5 Å². The Labute approximate surface area is 157 Å². The maximum Gasteiger partial charge on any atom is 0.343 e. The molecular formula is C22H17ClO3. The van der Waals surface area contributed by atoms with Gasteiger partial charge >= 0.3 is 5.97 Å². The van der Waals surface area contributed by atoms with E-state index in [1.54, 1.807) is 37.4 Å². The van der Waals surface area contributed by atoms with E-state index in [2.05, 4.69) is 0 Å². The highest BCUT2D eigenvalue weighted by Gasteiger charge is 2.12. The normalized spacial score (nSPS) is 10.7. The topological polar surface area (TPSA) is 35.5 Å². The second-order valence-corrected chi connectivity index (χ2v) is 5.99. The number of benzene rings is 3. The zero-order valence-corrected chi connectivity index (χ0v) is 14.9. The van der Waals surface area contributed by atoms with E-state index in [1.807, 2.05) is 54.6 Å². The van der Waals surface area contributed by atoms with Gasteiger partial charge < -0.3 is 9.47 Å². The Bertz CT molecular complexity index is 916. The molecule has 3 nitrogen and oxygen atoms in total. The summed E-state index contributed by atoms with van der Waals surface area (Å²) in [5, 5.41) is 0.564. The molecule has 0 aliphatic carbocycles. The van der Waals surface area contributed by atoms with Crippen molar-refractivity contribution in [2.45, 2.75) is 0 Å². The summed E-state index contributed by atoms with van der Waals surface area (Å²) >= 11 is 5.84. The van der Waals surface area contributed by atoms with Gasteiger partial charge in [-0.2, -0.15) is 0 Å². The summed E-state index contributed by atoms with van der Waals surface area (Å²) in [6.45, 7) is 0. The lowest BCUT2D eigenvalue weighted by Gasteiger charge is -2.10. The number of ether oxygens (including phenoxy) is 2. The number of esters is 1. The van der Waals surface area contributed by atoms with Crippen LogP contribution in [0.25, 0.3) is 12.2 Å². The molecule has 3 aromatic rings. The lowest BCUT2D eigenvalue weighted by atomic mass is 10.1. The molecule has 0 aromatic heterocycles. The molecule has 3 aromatic carbocycles. The van der Waals surface area contributed by atoms with Crippen molar-refractivity contribution in [1.82, 2.24) is 0 Å². The molecule has 3 rings (SSSR count). The molecule has 0 heterocycles. The summed E-state index contributed by atoms with van der Waals surface area (Å²) in [4.78, 5) is 12.3. The molecule has 130 valence electrons. The third kappa shape index (κ3) is 4.52. The molecule has 0 unspecified atom stereocenters. The molecule has 4 heteroatoms. The van der Waals surface area contributed by atoms with Gasteiger partial charge in [-0.25, -0.2) is 4.79 Å². The second kappa shape index (κ2) is 8.37. The van der Waals surface area contributed by atoms with Crippen LogP contribution in [-0.4, -0.2) is 13.1 Å². The number of halogens is 1. The highest BCUT2D eigenvalue weighted by molar-refractivity contribution is 6.30. The Kier molecular flexibility index (Phi) is 5.72. The number of rotatable bonds is 5. The Hall–Kier alpha value is -3.04. The summed E-state index contributed by atoms with van der Waals surface area (Å²) in [6, 6.07) is 21.9. The molecule has 0 spiro atoms. The van der Waals surface area contributed by atoms with Crippen molar-refractivity contribution >= 4 is 29.7 Å². The largest absolute Gasteiger partial charge is 0.493 e. The standard InChI is InChI=1S/C22H17ClO3/c1-25-21-15-17(8-7-16-5-3-2-4-6-16)9-14-20(21)26-22(24)18-10-12-19(23)13-11-18/h2-15H,1H3. The molecule has 0 bridgehead atoms. The minimum atomic E-state index is -0.465. The number of hydrogen-bond acceptors (Lipinski definition) is 3. The zero-order chi connectivity index (χ0) is 18.4. The van der Waals surface area contributed by atoms with Crippen LogP contribution in [-0.2, 0) is 0 Å². The summed E-state index contributed by atoms with van der Waals surface area (Å²) in [6.07, 6.45) is 3.98. The SMILES string of the molecule is COc1cc(C=Cc2ccccc2)ccc1OC(=O)c1ccc(Cl)cc1. The van der Waals surface area contributed by atoms with Crippen LogP contribution in [0.5, 0.6) is 11.5 Å². The molecule has 0 fully saturated rings. The lowest BCUT2D eigenvalue weighted by Crippen LogP contribution is -2.09. The van der Waals surface area contributed by atoms with Crippen LogP contribution in [0, 0.1) is 0 Å². The minimum absolute atomic E-state index is 0.365. The number of hydrogen-bond donors (Lipinski definition) is 0. The first-order valence-corrected chi connectivity index (χ1v) is 8.42. The zero-order valence-electron chi connectivity index (χ0n) is 14.2. The van der Waals surface area contributed by atoms with E-state index in [9.17, 15) is 4.79 Å². The average molecular weight is 365 g/mol. The molecular weight excluding hydrogens is 348 g/mol. The van der Waals surface area contributed by atoms with Crippen molar-refractivity contribution in [2.75, 3.05) is 7.11 Å². The van der Waals surface area contributed by atoms with E-state index >= 15 is 0 Å². The first kappa shape index (κ1) is 17.8. The van der Waals surface area contributed by atoms with E-state index in [4.69, 9.17) is 21.1 Å². The van der Waals surface area contributed by atoms with Gasteiger partial charge in [0, 0.05) is 5.02 Å². The van der Waals surface area contributed by atoms with Crippen LogP contribution in [0.15, 0.2) is 72.8 Å². The quantitative estimate of drug-likeness (QED) is 0.329. The van der Waals surface area contributed by atoms with Gasteiger partial charge in [0.15, 0.2) is 11.5 Å². The molecule has 0 aliphatic heterocycles. The summed E-state index contributed by atoms with van der Waals surface area (Å²) in [7, 11) is 1.54. The third-order valence-corrected chi connectivity index (χ3v) is 3.99. The smallest absolute Gasteiger partial charge is 0.343 e. The van der Waals surface area contributed by atoms with E-state index in [0.717, 1.165) is 11.1 Å². The summed E-state index contributed by atoms with van der Waals surface area (Å²) in [5.41, 5.74) is 2.46. The molecule has 0 saturated carbocycles. The highest BCUT2D eigenvalue weighted by atomic mass is 35.5. The van der Waals surface area contributed by atoms with Gasteiger partial charge in [-0.05, 0) is 47.5 Å². The van der Waals surface area contributed by atoms with Gasteiger partial charge in [0.25, 0.3) is 0 Å². The first-order valence-electron chi connectivity index (χ1n) is 8.04. The Morgan fingerprint density at radius 2 is 1.54 bits per heavy atom. The van der Waals surface area contributed by atoms with E-state index in [0.29, 0.717) is 22.1 Å². The maximum absolute atomic E-state index is 12.3. The van der Waals surface area contributed by atoms with Crippen LogP contribution < -0.4 is 9.47 Å². The molecule has 0 amide bonds. The predicted molar refractivity (Wildman–Crippen MR) is 105 cm³/mol. The number of carbonyl (C=O) groups excluding carboxylic acids is 1. The van der Waals surface area contributed by atoms with Crippen LogP contribution in [0.2, 0.25) is 5.02 Å². The Balaban J connectivity index is 1.77. The maximum atomic E-state index is 12.3. The van der Waals surface area contributed by atoms with Gasteiger partial charge in [-0.1, -0.05) is 60.2 Å². The van der Waals surface area contributed by atoms with Gasteiger partial charge in [-0.15, -0.1) is 0 Å². The number of carbonyl (C=O) groups is 1. The van der Waals surface area contributed by atoms with E-state index in [1.165, 1.54) is 0 Å². The summed E-state index contributed by atoms with van der Waals surface area (Å²) in [5.74, 6) is 0.388. The highest BCUT2D eigenvalue weighted by Crippen LogP contribution is 2.29. The molecule has 0 saturated heterocycles. The van der Waals surface area contributed by atoms with Crippen LogP contribution in [0.4, 0.5) is 0 Å². The van der Waals surface area contributed by atoms with Crippen molar-refractivity contribution in [1.29, 1.82) is 0 Å². The second-order valence-electron chi connectivity index (χ2n) is 5.55. The molecule has 0 atom stereocenters. The summed E-state index contributed by atoms with van der Waals surface area (Å²) < 4.78 is 10.8. The average Bonchev–Trinajstić information content (AvgIpc) is 2.68. The van der Waals surface area contributed by atoms with Crippen molar-refractivity contribution in [3.63, 3.8) is 0 Å². The molecule has 0 aliphatic rings. The first-order chi connectivity index (χ1) is 12.7. The third-order valence-electron chi connectivity index (χ3n) is 3.74.